The zero-order valence-corrected chi connectivity index (χ0v) is 8.15. The molecule has 2 rings (SSSR count). The van der Waals surface area contributed by atoms with Crippen LogP contribution in [0.1, 0.15) is 12.8 Å². The molecule has 0 saturated heterocycles. The Morgan fingerprint density at radius 3 is 2.00 bits per heavy atom. The van der Waals surface area contributed by atoms with Gasteiger partial charge in [0, 0.05) is 5.92 Å². The Labute approximate surface area is 88.3 Å². The molecule has 6 heteroatoms. The van der Waals surface area contributed by atoms with Gasteiger partial charge in [0.1, 0.15) is 0 Å². The van der Waals surface area contributed by atoms with E-state index >= 15 is 0 Å². The molecule has 92 valence electrons. The van der Waals surface area contributed by atoms with Crippen molar-refractivity contribution in [1.82, 2.24) is 0 Å². The van der Waals surface area contributed by atoms with Crippen molar-refractivity contribution in [3.8, 4) is 0 Å². The van der Waals surface area contributed by atoms with E-state index in [1.165, 1.54) is 6.08 Å². The molecule has 0 radical (unpaired) electrons. The van der Waals surface area contributed by atoms with Crippen LogP contribution in [-0.4, -0.2) is 18.3 Å². The van der Waals surface area contributed by atoms with Crippen LogP contribution in [0.15, 0.2) is 12.2 Å². The van der Waals surface area contributed by atoms with E-state index in [9.17, 15) is 26.3 Å². The highest BCUT2D eigenvalue weighted by Crippen LogP contribution is 2.53. The molecule has 2 bridgehead atoms. The van der Waals surface area contributed by atoms with E-state index in [1.54, 1.807) is 6.08 Å². The third-order valence-electron chi connectivity index (χ3n) is 3.40. The van der Waals surface area contributed by atoms with Crippen LogP contribution in [0.3, 0.4) is 0 Å². The lowest BCUT2D eigenvalue weighted by atomic mass is 9.85. The maximum atomic E-state index is 13.3. The van der Waals surface area contributed by atoms with Gasteiger partial charge in [0.2, 0.25) is 0 Å². The predicted octanol–water partition coefficient (Wildman–Crippen LogP) is 3.73. The van der Waals surface area contributed by atoms with Crippen LogP contribution in [0.4, 0.5) is 26.3 Å². The Morgan fingerprint density at radius 2 is 1.62 bits per heavy atom. The normalized spacial score (nSPS) is 35.8. The maximum absolute atomic E-state index is 13.3. The molecule has 1 saturated carbocycles. The van der Waals surface area contributed by atoms with Gasteiger partial charge in [0.05, 0.1) is 0 Å². The molecule has 2 aliphatic carbocycles. The van der Waals surface area contributed by atoms with Crippen molar-refractivity contribution in [3.63, 3.8) is 0 Å². The third-order valence-corrected chi connectivity index (χ3v) is 3.40. The summed E-state index contributed by atoms with van der Waals surface area (Å²) in [6.45, 7) is 0. The molecule has 2 aliphatic rings. The Hall–Kier alpha value is -0.680. The molecule has 1 fully saturated rings. The van der Waals surface area contributed by atoms with Crippen molar-refractivity contribution < 1.29 is 26.3 Å². The number of hydrogen-bond donors (Lipinski definition) is 0. The average molecular weight is 244 g/mol. The summed E-state index contributed by atoms with van der Waals surface area (Å²) in [5.41, 5.74) is 0. The van der Waals surface area contributed by atoms with E-state index in [0.717, 1.165) is 0 Å². The maximum Gasteiger partial charge on any atom is 0.425 e. The van der Waals surface area contributed by atoms with Crippen LogP contribution >= 0.6 is 0 Å². The first-order valence-electron chi connectivity index (χ1n) is 5.00. The number of alkyl halides is 6. The Morgan fingerprint density at radius 1 is 1.00 bits per heavy atom. The minimum atomic E-state index is -5.49. The lowest BCUT2D eigenvalue weighted by Crippen LogP contribution is -2.47. The topological polar surface area (TPSA) is 0 Å². The standard InChI is InChI=1S/C10H10F6/c11-8(10(14,15)16)9(12,13)7-4-5-1-2-6(7)3-5/h1-2,5-8H,3-4H2. The molecule has 0 spiro atoms. The first kappa shape index (κ1) is 11.8. The predicted molar refractivity (Wildman–Crippen MR) is 44.7 cm³/mol. The Bertz CT molecular complexity index is 305. The van der Waals surface area contributed by atoms with Crippen molar-refractivity contribution in [2.75, 3.05) is 0 Å². The SMILES string of the molecule is FC(C(F)(F)F)C(F)(F)C1CC2C=CC1C2. The average Bonchev–Trinajstić information content (AvgIpc) is 2.75. The number of fused-ring (bicyclic) bond motifs is 2. The van der Waals surface area contributed by atoms with Crippen LogP contribution in [0.2, 0.25) is 0 Å². The number of allylic oxidation sites excluding steroid dienone is 2. The fourth-order valence-electron chi connectivity index (χ4n) is 2.63. The monoisotopic (exact) mass is 244 g/mol. The van der Waals surface area contributed by atoms with Gasteiger partial charge >= 0.3 is 6.18 Å². The van der Waals surface area contributed by atoms with Gasteiger partial charge in [-0.25, -0.2) is 13.2 Å². The van der Waals surface area contributed by atoms with Crippen LogP contribution < -0.4 is 0 Å². The second kappa shape index (κ2) is 3.40. The largest absolute Gasteiger partial charge is 0.425 e. The van der Waals surface area contributed by atoms with E-state index in [-0.39, 0.29) is 12.3 Å². The number of halogens is 6. The fraction of sp³-hybridized carbons (Fsp3) is 0.800. The molecule has 0 aliphatic heterocycles. The number of hydrogen-bond acceptors (Lipinski definition) is 0. The molecular formula is C10H10F6. The van der Waals surface area contributed by atoms with E-state index in [1.807, 2.05) is 0 Å². The first-order valence-corrected chi connectivity index (χ1v) is 5.00. The van der Waals surface area contributed by atoms with E-state index in [2.05, 4.69) is 0 Å². The molecule has 0 aromatic carbocycles. The second-order valence-electron chi connectivity index (χ2n) is 4.47. The van der Waals surface area contributed by atoms with Crippen LogP contribution in [0, 0.1) is 17.8 Å². The molecular weight excluding hydrogens is 234 g/mol. The quantitative estimate of drug-likeness (QED) is 0.512. The summed E-state index contributed by atoms with van der Waals surface area (Å²) in [4.78, 5) is 0. The molecule has 0 aromatic rings. The highest BCUT2D eigenvalue weighted by atomic mass is 19.4. The summed E-state index contributed by atoms with van der Waals surface area (Å²) in [7, 11) is 0. The van der Waals surface area contributed by atoms with Gasteiger partial charge in [0.15, 0.2) is 0 Å². The van der Waals surface area contributed by atoms with Gasteiger partial charge in [-0.2, -0.15) is 13.2 Å². The zero-order valence-electron chi connectivity index (χ0n) is 8.15. The van der Waals surface area contributed by atoms with Crippen molar-refractivity contribution in [2.45, 2.75) is 31.1 Å². The second-order valence-corrected chi connectivity index (χ2v) is 4.47. The summed E-state index contributed by atoms with van der Waals surface area (Å²) in [6, 6.07) is 0. The molecule has 0 amide bonds. The molecule has 0 N–H and O–H groups in total. The lowest BCUT2D eigenvalue weighted by molar-refractivity contribution is -0.260. The van der Waals surface area contributed by atoms with Crippen LogP contribution in [-0.2, 0) is 0 Å². The summed E-state index contributed by atoms with van der Waals surface area (Å²) < 4.78 is 75.4. The molecule has 4 unspecified atom stereocenters. The van der Waals surface area contributed by atoms with Gasteiger partial charge in [-0.1, -0.05) is 12.2 Å². The fourth-order valence-corrected chi connectivity index (χ4v) is 2.63. The van der Waals surface area contributed by atoms with Gasteiger partial charge in [-0.3, -0.25) is 0 Å². The minimum absolute atomic E-state index is 0.0509. The summed E-state index contributed by atoms with van der Waals surface area (Å²) in [5.74, 6) is -6.55. The van der Waals surface area contributed by atoms with Gasteiger partial charge in [-0.05, 0) is 24.7 Å². The van der Waals surface area contributed by atoms with E-state index in [4.69, 9.17) is 0 Å². The molecule has 4 atom stereocenters. The summed E-state index contributed by atoms with van der Waals surface area (Å²) >= 11 is 0. The highest BCUT2D eigenvalue weighted by molar-refractivity contribution is 5.13. The zero-order chi connectivity index (χ0) is 12.1. The summed E-state index contributed by atoms with van der Waals surface area (Å²) in [5, 5.41) is 0. The molecule has 16 heavy (non-hydrogen) atoms. The number of rotatable bonds is 2. The Kier molecular flexibility index (Phi) is 2.51. The van der Waals surface area contributed by atoms with Crippen molar-refractivity contribution >= 4 is 0 Å². The van der Waals surface area contributed by atoms with Crippen molar-refractivity contribution in [3.05, 3.63) is 12.2 Å². The van der Waals surface area contributed by atoms with Crippen LogP contribution in [0.25, 0.3) is 0 Å². The summed E-state index contributed by atoms with van der Waals surface area (Å²) in [6.07, 6.45) is -5.98. The van der Waals surface area contributed by atoms with Crippen molar-refractivity contribution in [2.24, 2.45) is 17.8 Å². The molecule has 0 nitrogen and oxygen atoms in total. The Balaban J connectivity index is 2.16. The minimum Gasteiger partial charge on any atom is -0.231 e. The van der Waals surface area contributed by atoms with Crippen molar-refractivity contribution in [1.29, 1.82) is 0 Å². The molecule has 0 aromatic heterocycles. The third kappa shape index (κ3) is 1.72. The van der Waals surface area contributed by atoms with E-state index < -0.39 is 30.1 Å². The molecule has 0 heterocycles. The van der Waals surface area contributed by atoms with Gasteiger partial charge < -0.3 is 0 Å². The van der Waals surface area contributed by atoms with E-state index in [0.29, 0.717) is 6.42 Å². The van der Waals surface area contributed by atoms with Gasteiger partial charge in [0.25, 0.3) is 12.1 Å². The lowest BCUT2D eigenvalue weighted by Gasteiger charge is -2.31. The highest BCUT2D eigenvalue weighted by Gasteiger charge is 2.63. The smallest absolute Gasteiger partial charge is 0.231 e. The first-order chi connectivity index (χ1) is 7.23. The van der Waals surface area contributed by atoms with Crippen LogP contribution in [0.5, 0.6) is 0 Å². The van der Waals surface area contributed by atoms with Gasteiger partial charge in [-0.15, -0.1) is 0 Å².